The van der Waals surface area contributed by atoms with E-state index in [4.69, 9.17) is 14.2 Å². The summed E-state index contributed by atoms with van der Waals surface area (Å²) in [5.74, 6) is -1.18. The van der Waals surface area contributed by atoms with Crippen molar-refractivity contribution in [2.75, 3.05) is 13.2 Å². The van der Waals surface area contributed by atoms with Crippen molar-refractivity contribution in [1.82, 2.24) is 5.32 Å². The van der Waals surface area contributed by atoms with E-state index in [-0.39, 0.29) is 13.0 Å². The predicted octanol–water partition coefficient (Wildman–Crippen LogP) is 15.1. The highest BCUT2D eigenvalue weighted by molar-refractivity contribution is 5.80. The number of carbonyl (C=O) groups excluding carboxylic acids is 2. The number of hydrogen-bond donors (Lipinski definition) is 6. The topological polar surface area (TPSA) is 175 Å². The lowest BCUT2D eigenvalue weighted by Crippen LogP contribution is -2.61. The lowest BCUT2D eigenvalue weighted by Gasteiger charge is -2.41. The van der Waals surface area contributed by atoms with Crippen molar-refractivity contribution in [2.24, 2.45) is 0 Å². The molecule has 0 aliphatic carbocycles. The third kappa shape index (κ3) is 39.7. The largest absolute Gasteiger partial charge is 0.454 e. The Morgan fingerprint density at radius 1 is 0.514 bits per heavy atom. The molecule has 0 aromatic heterocycles. The molecule has 0 spiro atoms. The smallest absolute Gasteiger partial charge is 0.306 e. The van der Waals surface area contributed by atoms with Gasteiger partial charge in [0, 0.05) is 6.42 Å². The van der Waals surface area contributed by atoms with E-state index in [1.807, 2.05) is 6.08 Å². The first-order valence-corrected chi connectivity index (χ1v) is 32.0. The third-order valence-corrected chi connectivity index (χ3v) is 15.4. The fourth-order valence-corrected chi connectivity index (χ4v) is 10.4. The Balaban J connectivity index is 2.62. The molecule has 11 heteroatoms. The van der Waals surface area contributed by atoms with Gasteiger partial charge in [0.1, 0.15) is 24.4 Å². The predicted molar refractivity (Wildman–Crippen MR) is 306 cm³/mol. The first-order chi connectivity index (χ1) is 36.2. The molecule has 0 radical (unpaired) electrons. The molecule has 1 aliphatic rings. The van der Waals surface area contributed by atoms with E-state index in [0.29, 0.717) is 19.3 Å². The molecule has 1 rings (SSSR count). The van der Waals surface area contributed by atoms with E-state index in [1.54, 1.807) is 6.08 Å². The van der Waals surface area contributed by atoms with Crippen LogP contribution in [0.2, 0.25) is 0 Å². The maximum Gasteiger partial charge on any atom is 0.306 e. The second kappa shape index (κ2) is 52.1. The molecule has 1 aliphatic heterocycles. The molecule has 0 aromatic rings. The number of amides is 1. The highest BCUT2D eigenvalue weighted by Crippen LogP contribution is 2.26. The van der Waals surface area contributed by atoms with Crippen LogP contribution in [0.3, 0.4) is 0 Å². The molecular formula is C63H121NO10. The first kappa shape index (κ1) is 70.4. The van der Waals surface area contributed by atoms with Crippen molar-refractivity contribution < 1.29 is 49.3 Å². The molecule has 1 fully saturated rings. The van der Waals surface area contributed by atoms with E-state index in [1.165, 1.54) is 212 Å². The Labute approximate surface area is 455 Å². The maximum atomic E-state index is 13.4. The van der Waals surface area contributed by atoms with Crippen LogP contribution in [0.4, 0.5) is 0 Å². The van der Waals surface area contributed by atoms with Gasteiger partial charge in [-0.2, -0.15) is 0 Å². The SMILES string of the molecule is CCCCCCCCCCC/C=C/C(O)C(COC1OC(CO)C(O)C(O)C1OC(=O)CCCCCCCCCCCCCCCC)NC(=O)C(O)CCCCCCCCCCCCCCCCCCCCCC. The van der Waals surface area contributed by atoms with Gasteiger partial charge in [-0.25, -0.2) is 0 Å². The van der Waals surface area contributed by atoms with Gasteiger partial charge in [0.25, 0.3) is 0 Å². The highest BCUT2D eigenvalue weighted by atomic mass is 16.7. The average molecular weight is 1050 g/mol. The van der Waals surface area contributed by atoms with Gasteiger partial charge in [-0.15, -0.1) is 0 Å². The molecule has 438 valence electrons. The number of ether oxygens (including phenoxy) is 3. The monoisotopic (exact) mass is 1050 g/mol. The summed E-state index contributed by atoms with van der Waals surface area (Å²) in [6.45, 7) is 5.82. The lowest BCUT2D eigenvalue weighted by atomic mass is 9.99. The maximum absolute atomic E-state index is 13.4. The van der Waals surface area contributed by atoms with Gasteiger partial charge >= 0.3 is 5.97 Å². The molecule has 0 aromatic carbocycles. The summed E-state index contributed by atoms with van der Waals surface area (Å²) in [6.07, 6.45) is 48.3. The number of hydrogen-bond acceptors (Lipinski definition) is 10. The Morgan fingerprint density at radius 3 is 1.27 bits per heavy atom. The van der Waals surface area contributed by atoms with Crippen LogP contribution in [0.15, 0.2) is 12.2 Å². The van der Waals surface area contributed by atoms with Crippen LogP contribution < -0.4 is 5.32 Å². The molecule has 0 bridgehead atoms. The molecule has 8 unspecified atom stereocenters. The van der Waals surface area contributed by atoms with E-state index in [9.17, 15) is 35.1 Å². The van der Waals surface area contributed by atoms with Crippen LogP contribution in [-0.2, 0) is 23.8 Å². The molecule has 8 atom stereocenters. The first-order valence-electron chi connectivity index (χ1n) is 32.0. The van der Waals surface area contributed by atoms with Gasteiger partial charge in [-0.1, -0.05) is 296 Å². The lowest BCUT2D eigenvalue weighted by molar-refractivity contribution is -0.305. The van der Waals surface area contributed by atoms with Crippen molar-refractivity contribution in [3.8, 4) is 0 Å². The summed E-state index contributed by atoms with van der Waals surface area (Å²) in [5.41, 5.74) is 0. The number of carbonyl (C=O) groups is 2. The minimum atomic E-state index is -1.61. The zero-order valence-corrected chi connectivity index (χ0v) is 48.5. The number of nitrogens with one attached hydrogen (secondary N) is 1. The molecule has 1 saturated heterocycles. The summed E-state index contributed by atoms with van der Waals surface area (Å²) < 4.78 is 17.6. The van der Waals surface area contributed by atoms with Crippen LogP contribution in [0.1, 0.15) is 316 Å². The zero-order valence-electron chi connectivity index (χ0n) is 48.5. The van der Waals surface area contributed by atoms with E-state index in [2.05, 4.69) is 26.1 Å². The number of allylic oxidation sites excluding steroid dienone is 1. The minimum Gasteiger partial charge on any atom is -0.454 e. The molecule has 1 amide bonds. The number of aliphatic hydroxyl groups excluding tert-OH is 5. The van der Waals surface area contributed by atoms with Crippen molar-refractivity contribution in [3.63, 3.8) is 0 Å². The normalized spacial score (nSPS) is 19.3. The van der Waals surface area contributed by atoms with Gasteiger partial charge in [0.05, 0.1) is 25.4 Å². The average Bonchev–Trinajstić information content (AvgIpc) is 3.40. The number of rotatable bonds is 55. The van der Waals surface area contributed by atoms with Gasteiger partial charge in [-0.3, -0.25) is 9.59 Å². The second-order valence-corrected chi connectivity index (χ2v) is 22.5. The van der Waals surface area contributed by atoms with Gasteiger partial charge in [0.15, 0.2) is 12.4 Å². The quantitative estimate of drug-likeness (QED) is 0.0195. The molecular weight excluding hydrogens is 931 g/mol. The Bertz CT molecular complexity index is 1250. The van der Waals surface area contributed by atoms with E-state index in [0.717, 1.165) is 57.8 Å². The summed E-state index contributed by atoms with van der Waals surface area (Å²) in [7, 11) is 0. The number of esters is 1. The molecule has 74 heavy (non-hydrogen) atoms. The van der Waals surface area contributed by atoms with Crippen molar-refractivity contribution in [1.29, 1.82) is 0 Å². The van der Waals surface area contributed by atoms with Crippen LogP contribution in [0, 0.1) is 0 Å². The molecule has 0 saturated carbocycles. The van der Waals surface area contributed by atoms with Gasteiger partial charge < -0.3 is 45.1 Å². The van der Waals surface area contributed by atoms with Gasteiger partial charge in [0.2, 0.25) is 5.91 Å². The van der Waals surface area contributed by atoms with Crippen LogP contribution in [0.25, 0.3) is 0 Å². The fourth-order valence-electron chi connectivity index (χ4n) is 10.4. The molecule has 11 nitrogen and oxygen atoms in total. The fraction of sp³-hybridized carbons (Fsp3) is 0.937. The minimum absolute atomic E-state index is 0.131. The van der Waals surface area contributed by atoms with Crippen LogP contribution in [0.5, 0.6) is 0 Å². The molecule has 6 N–H and O–H groups in total. The summed E-state index contributed by atoms with van der Waals surface area (Å²) in [6, 6.07) is -1.02. The van der Waals surface area contributed by atoms with Crippen molar-refractivity contribution >= 4 is 11.9 Å². The standard InChI is InChI=1S/C63H121NO10/c1-4-7-10-13-16-19-22-24-26-27-28-29-30-31-32-35-38-41-44-47-50-56(67)62(71)64-54(55(66)49-46-43-40-37-34-21-18-15-12-9-6-3)53-72-63-61(60(70)59(69)57(52-65)73-63)74-58(68)51-48-45-42-39-36-33-25-23-20-17-14-11-8-5-2/h46,49,54-57,59-61,63,65-67,69-70H,4-45,47-48,50-53H2,1-3H3,(H,64,71)/b49-46+. The molecule has 1 heterocycles. The van der Waals surface area contributed by atoms with Crippen molar-refractivity contribution in [2.45, 2.75) is 365 Å². The summed E-state index contributed by atoms with van der Waals surface area (Å²) in [5, 5.41) is 57.0. The highest BCUT2D eigenvalue weighted by Gasteiger charge is 2.47. The Hall–Kier alpha value is -1.60. The van der Waals surface area contributed by atoms with Crippen molar-refractivity contribution in [3.05, 3.63) is 12.2 Å². The number of unbranched alkanes of at least 4 members (excludes halogenated alkanes) is 41. The number of aliphatic hydroxyl groups is 5. The Kier molecular flexibility index (Phi) is 49.6. The van der Waals surface area contributed by atoms with Crippen LogP contribution in [-0.4, -0.2) is 99.6 Å². The van der Waals surface area contributed by atoms with Gasteiger partial charge in [-0.05, 0) is 25.7 Å². The second-order valence-electron chi connectivity index (χ2n) is 22.5. The zero-order chi connectivity index (χ0) is 54.0. The van der Waals surface area contributed by atoms with Crippen LogP contribution >= 0.6 is 0 Å². The third-order valence-electron chi connectivity index (χ3n) is 15.4. The van der Waals surface area contributed by atoms with E-state index >= 15 is 0 Å². The Morgan fingerprint density at radius 2 is 0.878 bits per heavy atom. The van der Waals surface area contributed by atoms with E-state index < -0.39 is 67.4 Å². The summed E-state index contributed by atoms with van der Waals surface area (Å²) in [4.78, 5) is 26.5. The summed E-state index contributed by atoms with van der Waals surface area (Å²) >= 11 is 0.